The number of carboxylic acid groups (broad SMARTS) is 1. The van der Waals surface area contributed by atoms with Gasteiger partial charge in [0, 0.05) is 31.3 Å². The van der Waals surface area contributed by atoms with E-state index in [9.17, 15) is 14.4 Å². The van der Waals surface area contributed by atoms with Crippen molar-refractivity contribution in [2.24, 2.45) is 0 Å². The van der Waals surface area contributed by atoms with Crippen molar-refractivity contribution in [2.45, 2.75) is 50.6 Å². The number of rotatable bonds is 8. The minimum atomic E-state index is -0.910. The van der Waals surface area contributed by atoms with E-state index in [1.54, 1.807) is 12.1 Å². The van der Waals surface area contributed by atoms with Crippen LogP contribution in [0.5, 0.6) is 0 Å². The predicted molar refractivity (Wildman–Crippen MR) is 89.9 cm³/mol. The van der Waals surface area contributed by atoms with Crippen molar-refractivity contribution >= 4 is 28.8 Å². The number of hydrogen-bond acceptors (Lipinski definition) is 6. The van der Waals surface area contributed by atoms with E-state index < -0.39 is 11.5 Å². The van der Waals surface area contributed by atoms with Crippen LogP contribution in [0.15, 0.2) is 22.8 Å². The van der Waals surface area contributed by atoms with Gasteiger partial charge >= 0.3 is 5.97 Å². The number of fused-ring (bicyclic) bond motifs is 1. The summed E-state index contributed by atoms with van der Waals surface area (Å²) in [6, 6.07) is 5.39. The van der Waals surface area contributed by atoms with Crippen molar-refractivity contribution < 1.29 is 24.1 Å². The summed E-state index contributed by atoms with van der Waals surface area (Å²) in [6.07, 6.45) is 1.86. The number of aromatic nitrogens is 2. The van der Waals surface area contributed by atoms with Gasteiger partial charge in [0.15, 0.2) is 0 Å². The second-order valence-corrected chi connectivity index (χ2v) is 6.59. The van der Waals surface area contributed by atoms with Gasteiger partial charge in [-0.15, -0.1) is 0 Å². The molecule has 1 aromatic heterocycles. The smallest absolute Gasteiger partial charge is 0.303 e. The van der Waals surface area contributed by atoms with E-state index >= 15 is 0 Å². The van der Waals surface area contributed by atoms with Gasteiger partial charge in [-0.1, -0.05) is 6.07 Å². The number of carbonyl (C=O) groups excluding carboxylic acids is 2. The maximum Gasteiger partial charge on any atom is 0.303 e. The maximum absolute atomic E-state index is 12.2. The molecule has 0 radical (unpaired) electrons. The number of aliphatic carboxylic acids is 1. The van der Waals surface area contributed by atoms with E-state index in [1.165, 1.54) is 0 Å². The highest BCUT2D eigenvalue weighted by Gasteiger charge is 2.37. The Bertz CT molecular complexity index is 833. The highest BCUT2D eigenvalue weighted by molar-refractivity contribution is 5.80. The average molecular weight is 360 g/mol. The topological polar surface area (TPSA) is 134 Å². The second-order valence-electron chi connectivity index (χ2n) is 6.59. The van der Waals surface area contributed by atoms with Crippen LogP contribution >= 0.6 is 0 Å². The summed E-state index contributed by atoms with van der Waals surface area (Å²) >= 11 is 0. The zero-order valence-electron chi connectivity index (χ0n) is 14.2. The highest BCUT2D eigenvalue weighted by atomic mass is 16.6. The molecule has 0 aliphatic carbocycles. The first kappa shape index (κ1) is 17.8. The number of hydrogen-bond donors (Lipinski definition) is 3. The molecule has 138 valence electrons. The molecule has 0 spiro atoms. The van der Waals surface area contributed by atoms with Crippen molar-refractivity contribution in [1.29, 1.82) is 0 Å². The quantitative estimate of drug-likeness (QED) is 0.642. The fourth-order valence-corrected chi connectivity index (χ4v) is 3.20. The van der Waals surface area contributed by atoms with Crippen LogP contribution in [0.4, 0.5) is 0 Å². The van der Waals surface area contributed by atoms with Crippen LogP contribution in [0.1, 0.15) is 44.1 Å². The Balaban J connectivity index is 1.51. The number of carbonyl (C=O) groups is 3. The molecule has 9 nitrogen and oxygen atoms in total. The first-order valence-electron chi connectivity index (χ1n) is 8.46. The monoisotopic (exact) mass is 360 g/mol. The lowest BCUT2D eigenvalue weighted by atomic mass is 9.86. The van der Waals surface area contributed by atoms with Crippen LogP contribution in [-0.2, 0) is 20.9 Å². The van der Waals surface area contributed by atoms with Gasteiger partial charge in [-0.2, -0.15) is 0 Å². The van der Waals surface area contributed by atoms with Crippen LogP contribution in [-0.4, -0.2) is 38.7 Å². The lowest BCUT2D eigenvalue weighted by molar-refractivity contribution is -0.137. The molecule has 2 aromatic rings. The van der Waals surface area contributed by atoms with Gasteiger partial charge in [-0.05, 0) is 47.3 Å². The SMILES string of the molecule is O=C(O)CC[C@]1(CCC(=O)NCc2ccc3nonc3c2)CCC(=O)N1. The van der Waals surface area contributed by atoms with Crippen LogP contribution in [0, 0.1) is 0 Å². The summed E-state index contributed by atoms with van der Waals surface area (Å²) in [5.41, 5.74) is 1.55. The summed E-state index contributed by atoms with van der Waals surface area (Å²) in [5, 5.41) is 22.1. The fourth-order valence-electron chi connectivity index (χ4n) is 3.20. The molecule has 1 aliphatic heterocycles. The average Bonchev–Trinajstić information content (AvgIpc) is 3.23. The molecular weight excluding hydrogens is 340 g/mol. The minimum absolute atomic E-state index is 0.0341. The van der Waals surface area contributed by atoms with E-state index in [-0.39, 0.29) is 24.7 Å². The summed E-state index contributed by atoms with van der Waals surface area (Å²) in [7, 11) is 0. The number of carboxylic acids is 1. The van der Waals surface area contributed by atoms with Gasteiger partial charge in [0.1, 0.15) is 11.0 Å². The molecule has 3 rings (SSSR count). The molecule has 26 heavy (non-hydrogen) atoms. The Morgan fingerprint density at radius 2 is 2.00 bits per heavy atom. The van der Waals surface area contributed by atoms with Crippen LogP contribution in [0.2, 0.25) is 0 Å². The molecule has 2 heterocycles. The van der Waals surface area contributed by atoms with E-state index in [1.807, 2.05) is 6.07 Å². The fraction of sp³-hybridized carbons (Fsp3) is 0.471. The summed E-state index contributed by atoms with van der Waals surface area (Å²) < 4.78 is 4.64. The van der Waals surface area contributed by atoms with Crippen molar-refractivity contribution in [3.63, 3.8) is 0 Å². The lowest BCUT2D eigenvalue weighted by Crippen LogP contribution is -2.43. The van der Waals surface area contributed by atoms with E-state index in [2.05, 4.69) is 25.6 Å². The first-order chi connectivity index (χ1) is 12.5. The third-order valence-corrected chi connectivity index (χ3v) is 4.69. The molecule has 0 saturated carbocycles. The molecule has 3 N–H and O–H groups in total. The van der Waals surface area contributed by atoms with Crippen molar-refractivity contribution in [3.8, 4) is 0 Å². The number of benzene rings is 1. The number of nitrogens with zero attached hydrogens (tertiary/aromatic N) is 2. The van der Waals surface area contributed by atoms with Crippen LogP contribution in [0.25, 0.3) is 11.0 Å². The Hall–Kier alpha value is -2.97. The summed E-state index contributed by atoms with van der Waals surface area (Å²) in [6.45, 7) is 0.343. The van der Waals surface area contributed by atoms with Gasteiger partial charge in [0.2, 0.25) is 11.8 Å². The lowest BCUT2D eigenvalue weighted by Gasteiger charge is -2.28. The minimum Gasteiger partial charge on any atom is -0.481 e. The molecule has 0 bridgehead atoms. The molecule has 1 atom stereocenters. The number of amides is 2. The van der Waals surface area contributed by atoms with Crippen molar-refractivity contribution in [3.05, 3.63) is 23.8 Å². The van der Waals surface area contributed by atoms with E-state index in [0.29, 0.717) is 43.3 Å². The zero-order valence-corrected chi connectivity index (χ0v) is 14.2. The summed E-state index contributed by atoms with van der Waals surface area (Å²) in [5.74, 6) is -1.16. The number of nitrogens with one attached hydrogen (secondary N) is 2. The first-order valence-corrected chi connectivity index (χ1v) is 8.46. The highest BCUT2D eigenvalue weighted by Crippen LogP contribution is 2.30. The molecule has 1 aliphatic rings. The Morgan fingerprint density at radius 1 is 1.23 bits per heavy atom. The zero-order chi connectivity index (χ0) is 18.6. The van der Waals surface area contributed by atoms with Gasteiger partial charge in [0.25, 0.3) is 0 Å². The third-order valence-electron chi connectivity index (χ3n) is 4.69. The van der Waals surface area contributed by atoms with Gasteiger partial charge in [-0.25, -0.2) is 4.63 Å². The van der Waals surface area contributed by atoms with E-state index in [4.69, 9.17) is 5.11 Å². The molecule has 1 fully saturated rings. The Labute approximate surface area is 149 Å². The maximum atomic E-state index is 12.2. The molecule has 1 aromatic carbocycles. The van der Waals surface area contributed by atoms with Gasteiger partial charge in [-0.3, -0.25) is 14.4 Å². The molecule has 2 amide bonds. The van der Waals surface area contributed by atoms with Crippen LogP contribution < -0.4 is 10.6 Å². The van der Waals surface area contributed by atoms with E-state index in [0.717, 1.165) is 5.56 Å². The third kappa shape index (κ3) is 4.35. The second kappa shape index (κ2) is 7.51. The molecular formula is C17H20N4O5. The standard InChI is InChI=1S/C17H20N4O5/c22-14(18-10-11-1-2-12-13(9-11)21-26-20-12)3-6-17(8-5-16(24)25)7-4-15(23)19-17/h1-2,9H,3-8,10H2,(H,18,22)(H,19,23)(H,24,25)/t17-/m0/s1. The largest absolute Gasteiger partial charge is 0.481 e. The van der Waals surface area contributed by atoms with Crippen LogP contribution in [0.3, 0.4) is 0 Å². The molecule has 0 unspecified atom stereocenters. The normalized spacial score (nSPS) is 19.5. The Morgan fingerprint density at radius 3 is 2.73 bits per heavy atom. The molecule has 1 saturated heterocycles. The van der Waals surface area contributed by atoms with Crippen molar-refractivity contribution in [2.75, 3.05) is 0 Å². The predicted octanol–water partition coefficient (Wildman–Crippen LogP) is 1.13. The Kier molecular flexibility index (Phi) is 5.15. The van der Waals surface area contributed by atoms with Gasteiger partial charge < -0.3 is 15.7 Å². The molecule has 9 heteroatoms. The summed E-state index contributed by atoms with van der Waals surface area (Å²) in [4.78, 5) is 34.6. The van der Waals surface area contributed by atoms with Crippen molar-refractivity contribution in [1.82, 2.24) is 20.9 Å². The van der Waals surface area contributed by atoms with Gasteiger partial charge in [0.05, 0.1) is 0 Å².